The van der Waals surface area contributed by atoms with E-state index in [1.165, 1.54) is 17.5 Å². The van der Waals surface area contributed by atoms with E-state index >= 15 is 0 Å². The van der Waals surface area contributed by atoms with Gasteiger partial charge in [-0.15, -0.1) is 6.58 Å². The second-order valence-electron chi connectivity index (χ2n) is 4.13. The number of hydrogen-bond acceptors (Lipinski definition) is 4. The number of nitrogens with zero attached hydrogens (tertiary/aromatic N) is 1. The van der Waals surface area contributed by atoms with Crippen LogP contribution in [0.5, 0.6) is 0 Å². The summed E-state index contributed by atoms with van der Waals surface area (Å²) in [6.07, 6.45) is 4.98. The Morgan fingerprint density at radius 3 is 2.53 bits per heavy atom. The van der Waals surface area contributed by atoms with Crippen molar-refractivity contribution in [2.24, 2.45) is 0 Å². The molecule has 0 unspecified atom stereocenters. The Labute approximate surface area is 102 Å². The number of rotatable bonds is 6. The molecule has 98 valence electrons. The van der Waals surface area contributed by atoms with E-state index in [9.17, 15) is 13.2 Å². The van der Waals surface area contributed by atoms with Crippen molar-refractivity contribution >= 4 is 16.0 Å². The molecule has 1 rings (SSSR count). The number of carbonyl (C=O) groups is 1. The highest BCUT2D eigenvalue weighted by Gasteiger charge is 2.32. The maximum atomic E-state index is 12.0. The van der Waals surface area contributed by atoms with Crippen LogP contribution in [0.25, 0.3) is 0 Å². The van der Waals surface area contributed by atoms with Crippen molar-refractivity contribution in [2.45, 2.75) is 31.7 Å². The van der Waals surface area contributed by atoms with Gasteiger partial charge in [-0.2, -0.15) is 4.31 Å². The minimum absolute atomic E-state index is 0.0703. The summed E-state index contributed by atoms with van der Waals surface area (Å²) in [7, 11) is -2.19. The molecule has 0 spiro atoms. The molecule has 5 nitrogen and oxygen atoms in total. The van der Waals surface area contributed by atoms with E-state index in [2.05, 4.69) is 11.3 Å². The van der Waals surface area contributed by atoms with Gasteiger partial charge < -0.3 is 4.74 Å². The lowest BCUT2D eigenvalue weighted by atomic mass is 10.2. The van der Waals surface area contributed by atoms with E-state index in [1.54, 1.807) is 0 Å². The Bertz CT molecular complexity index is 371. The van der Waals surface area contributed by atoms with Gasteiger partial charge in [-0.1, -0.05) is 18.9 Å². The van der Waals surface area contributed by atoms with E-state index in [0.29, 0.717) is 0 Å². The van der Waals surface area contributed by atoms with Crippen LogP contribution < -0.4 is 0 Å². The molecule has 0 aliphatic heterocycles. The molecular weight excluding hydrogens is 242 g/mol. The first kappa shape index (κ1) is 14.2. The van der Waals surface area contributed by atoms with Gasteiger partial charge in [0, 0.05) is 6.04 Å². The first-order valence-corrected chi connectivity index (χ1v) is 7.29. The minimum Gasteiger partial charge on any atom is -0.468 e. The van der Waals surface area contributed by atoms with Crippen LogP contribution in [0.15, 0.2) is 12.7 Å². The number of methoxy groups -OCH3 is 1. The Morgan fingerprint density at radius 1 is 1.47 bits per heavy atom. The van der Waals surface area contributed by atoms with Crippen LogP contribution in [0.3, 0.4) is 0 Å². The van der Waals surface area contributed by atoms with Crippen molar-refractivity contribution in [1.82, 2.24) is 4.31 Å². The average molecular weight is 261 g/mol. The predicted octanol–water partition coefficient (Wildman–Crippen LogP) is 0.920. The number of esters is 1. The SMILES string of the molecule is C=CCS(=O)(=O)N(CC(=O)OC)C1CCCC1. The topological polar surface area (TPSA) is 63.7 Å². The molecule has 1 aliphatic carbocycles. The van der Waals surface area contributed by atoms with E-state index in [-0.39, 0.29) is 18.3 Å². The maximum Gasteiger partial charge on any atom is 0.321 e. The molecule has 0 saturated heterocycles. The molecular formula is C11H19NO4S. The van der Waals surface area contributed by atoms with Gasteiger partial charge in [0.15, 0.2) is 0 Å². The molecule has 0 aromatic heterocycles. The Kier molecular flexibility index (Phi) is 5.14. The molecule has 0 heterocycles. The molecule has 1 fully saturated rings. The normalized spacial score (nSPS) is 17.3. The smallest absolute Gasteiger partial charge is 0.321 e. The van der Waals surface area contributed by atoms with Crippen LogP contribution in [0, 0.1) is 0 Å². The van der Waals surface area contributed by atoms with Gasteiger partial charge in [0.2, 0.25) is 10.0 Å². The van der Waals surface area contributed by atoms with Crippen LogP contribution in [0.1, 0.15) is 25.7 Å². The van der Waals surface area contributed by atoms with Crippen molar-refractivity contribution in [1.29, 1.82) is 0 Å². The monoisotopic (exact) mass is 261 g/mol. The first-order valence-electron chi connectivity index (χ1n) is 5.68. The molecule has 0 amide bonds. The van der Waals surface area contributed by atoms with Gasteiger partial charge in [0.25, 0.3) is 0 Å². The van der Waals surface area contributed by atoms with Crippen molar-refractivity contribution in [3.63, 3.8) is 0 Å². The summed E-state index contributed by atoms with van der Waals surface area (Å²) in [5.41, 5.74) is 0. The Balaban J connectivity index is 2.84. The fourth-order valence-electron chi connectivity index (χ4n) is 2.08. The fraction of sp³-hybridized carbons (Fsp3) is 0.727. The van der Waals surface area contributed by atoms with E-state index < -0.39 is 16.0 Å². The van der Waals surface area contributed by atoms with E-state index in [0.717, 1.165) is 25.7 Å². The Morgan fingerprint density at radius 2 is 2.06 bits per heavy atom. The average Bonchev–Trinajstić information content (AvgIpc) is 2.78. The summed E-state index contributed by atoms with van der Waals surface area (Å²) < 4.78 is 29.8. The molecule has 0 bridgehead atoms. The summed E-state index contributed by atoms with van der Waals surface area (Å²) in [6, 6.07) is -0.0703. The molecule has 17 heavy (non-hydrogen) atoms. The molecule has 0 N–H and O–H groups in total. The predicted molar refractivity (Wildman–Crippen MR) is 65.0 cm³/mol. The molecule has 6 heteroatoms. The highest BCUT2D eigenvalue weighted by Crippen LogP contribution is 2.25. The lowest BCUT2D eigenvalue weighted by Crippen LogP contribution is -2.43. The van der Waals surface area contributed by atoms with Crippen molar-refractivity contribution in [3.05, 3.63) is 12.7 Å². The number of hydrogen-bond donors (Lipinski definition) is 0. The summed E-state index contributed by atoms with van der Waals surface area (Å²) in [5.74, 6) is -0.662. The second-order valence-corrected chi connectivity index (χ2v) is 6.09. The molecule has 0 radical (unpaired) electrons. The van der Waals surface area contributed by atoms with Crippen molar-refractivity contribution in [3.8, 4) is 0 Å². The van der Waals surface area contributed by atoms with Crippen LogP contribution in [-0.4, -0.2) is 44.1 Å². The van der Waals surface area contributed by atoms with E-state index in [4.69, 9.17) is 0 Å². The number of carbonyl (C=O) groups excluding carboxylic acids is 1. The number of sulfonamides is 1. The quantitative estimate of drug-likeness (QED) is 0.527. The third kappa shape index (κ3) is 3.81. The van der Waals surface area contributed by atoms with Crippen LogP contribution >= 0.6 is 0 Å². The van der Waals surface area contributed by atoms with Gasteiger partial charge >= 0.3 is 5.97 Å². The maximum absolute atomic E-state index is 12.0. The summed E-state index contributed by atoms with van der Waals surface area (Å²) >= 11 is 0. The highest BCUT2D eigenvalue weighted by atomic mass is 32.2. The fourth-order valence-corrected chi connectivity index (χ4v) is 3.54. The van der Waals surface area contributed by atoms with Crippen LogP contribution in [0.4, 0.5) is 0 Å². The lowest BCUT2D eigenvalue weighted by Gasteiger charge is -2.26. The third-order valence-electron chi connectivity index (χ3n) is 2.93. The molecule has 0 atom stereocenters. The largest absolute Gasteiger partial charge is 0.468 e. The molecule has 1 aliphatic rings. The summed E-state index contributed by atoms with van der Waals surface area (Å²) in [5, 5.41) is 0. The third-order valence-corrected chi connectivity index (χ3v) is 4.73. The number of ether oxygens (including phenoxy) is 1. The molecule has 0 aromatic carbocycles. The summed E-state index contributed by atoms with van der Waals surface area (Å²) in [4.78, 5) is 11.3. The molecule has 1 saturated carbocycles. The molecule has 0 aromatic rings. The van der Waals surface area contributed by atoms with Gasteiger partial charge in [0.05, 0.1) is 12.9 Å². The van der Waals surface area contributed by atoms with Crippen molar-refractivity contribution < 1.29 is 17.9 Å². The first-order chi connectivity index (χ1) is 8.01. The van der Waals surface area contributed by atoms with E-state index in [1.807, 2.05) is 0 Å². The van der Waals surface area contributed by atoms with Gasteiger partial charge in [-0.05, 0) is 12.8 Å². The van der Waals surface area contributed by atoms with Crippen LogP contribution in [0.2, 0.25) is 0 Å². The van der Waals surface area contributed by atoms with Crippen LogP contribution in [-0.2, 0) is 19.6 Å². The lowest BCUT2D eigenvalue weighted by molar-refractivity contribution is -0.141. The second kappa shape index (κ2) is 6.16. The minimum atomic E-state index is -3.45. The highest BCUT2D eigenvalue weighted by molar-refractivity contribution is 7.89. The van der Waals surface area contributed by atoms with Gasteiger partial charge in [-0.25, -0.2) is 8.42 Å². The van der Waals surface area contributed by atoms with Gasteiger partial charge in [-0.3, -0.25) is 4.79 Å². The zero-order valence-electron chi connectivity index (χ0n) is 10.1. The van der Waals surface area contributed by atoms with Gasteiger partial charge in [0.1, 0.15) is 6.54 Å². The zero-order chi connectivity index (χ0) is 12.9. The summed E-state index contributed by atoms with van der Waals surface area (Å²) in [6.45, 7) is 3.24. The zero-order valence-corrected chi connectivity index (χ0v) is 10.9. The van der Waals surface area contributed by atoms with Crippen molar-refractivity contribution in [2.75, 3.05) is 19.4 Å². The Hall–Kier alpha value is -0.880. The standard InChI is InChI=1S/C11H19NO4S/c1-3-8-17(14,15)12(9-11(13)16-2)10-6-4-5-7-10/h3,10H,1,4-9H2,2H3.